The molecule has 6 nitrogen and oxygen atoms in total. The molecule has 1 fully saturated rings. The van der Waals surface area contributed by atoms with E-state index in [0.717, 1.165) is 5.69 Å². The van der Waals surface area contributed by atoms with E-state index < -0.39 is 6.23 Å². The average molecular weight is 264 g/mol. The first-order chi connectivity index (χ1) is 8.73. The molecule has 1 aromatic rings. The molecule has 0 aliphatic carbocycles. The number of likely N-dealkylation sites (N-methyl/N-ethyl adjacent to an activating group) is 1. The highest BCUT2D eigenvalue weighted by molar-refractivity contribution is 5.94. The normalized spacial score (nSPS) is 24.2. The number of rotatable bonds is 1. The van der Waals surface area contributed by atoms with Gasteiger partial charge in [0.15, 0.2) is 6.23 Å². The van der Waals surface area contributed by atoms with Crippen LogP contribution in [-0.4, -0.2) is 45.3 Å². The van der Waals surface area contributed by atoms with Crippen molar-refractivity contribution in [1.82, 2.24) is 14.9 Å². The van der Waals surface area contributed by atoms with Crippen LogP contribution in [0.3, 0.4) is 0 Å². The lowest BCUT2D eigenvalue weighted by atomic mass is 9.92. The summed E-state index contributed by atoms with van der Waals surface area (Å²) < 4.78 is 0. The minimum atomic E-state index is -0.889. The summed E-state index contributed by atoms with van der Waals surface area (Å²) >= 11 is 0. The second-order valence-corrected chi connectivity index (χ2v) is 5.93. The van der Waals surface area contributed by atoms with Gasteiger partial charge in [-0.25, -0.2) is 19.7 Å². The number of carbonyl (C=O) groups excluding carboxylic acids is 1. The Balaban J connectivity index is 2.40. The highest BCUT2D eigenvalue weighted by Gasteiger charge is 2.42. The molecule has 104 valence electrons. The minimum absolute atomic E-state index is 0.136. The number of hydrogen-bond acceptors (Lipinski definition) is 4. The number of carbonyl (C=O) groups is 1. The van der Waals surface area contributed by atoms with Crippen LogP contribution in [0.4, 0.5) is 10.6 Å². The molecule has 19 heavy (non-hydrogen) atoms. The van der Waals surface area contributed by atoms with Gasteiger partial charge in [-0.1, -0.05) is 20.8 Å². The first-order valence-corrected chi connectivity index (χ1v) is 6.30. The summed E-state index contributed by atoms with van der Waals surface area (Å²) in [6.07, 6.45) is 0.541. The van der Waals surface area contributed by atoms with Gasteiger partial charge in [0.2, 0.25) is 0 Å². The van der Waals surface area contributed by atoms with E-state index in [0.29, 0.717) is 5.82 Å². The molecule has 1 aliphatic heterocycles. The van der Waals surface area contributed by atoms with E-state index in [1.807, 2.05) is 20.8 Å². The van der Waals surface area contributed by atoms with Crippen LogP contribution in [0.5, 0.6) is 0 Å². The van der Waals surface area contributed by atoms with Crippen LogP contribution in [0.25, 0.3) is 0 Å². The molecule has 1 N–H and O–H groups in total. The molecule has 0 saturated carbocycles. The van der Waals surface area contributed by atoms with Crippen molar-refractivity contribution < 1.29 is 9.90 Å². The second kappa shape index (κ2) is 4.45. The lowest BCUT2D eigenvalue weighted by Crippen LogP contribution is -2.36. The number of aliphatic hydroxyl groups is 1. The van der Waals surface area contributed by atoms with Gasteiger partial charge in [0.1, 0.15) is 12.1 Å². The fourth-order valence-electron chi connectivity index (χ4n) is 2.00. The van der Waals surface area contributed by atoms with E-state index in [1.54, 1.807) is 20.0 Å². The molecule has 0 unspecified atom stereocenters. The van der Waals surface area contributed by atoms with E-state index in [4.69, 9.17) is 0 Å². The molecular weight excluding hydrogens is 244 g/mol. The molecule has 2 rings (SSSR count). The fraction of sp³-hybridized carbons (Fsp3) is 0.615. The summed E-state index contributed by atoms with van der Waals surface area (Å²) in [6, 6.07) is 1.24. The van der Waals surface area contributed by atoms with Gasteiger partial charge in [-0.05, 0) is 6.92 Å². The Morgan fingerprint density at radius 1 is 1.32 bits per heavy atom. The largest absolute Gasteiger partial charge is 0.371 e. The van der Waals surface area contributed by atoms with Crippen molar-refractivity contribution in [3.05, 3.63) is 18.1 Å². The summed E-state index contributed by atoms with van der Waals surface area (Å²) in [5.41, 5.74) is 0.697. The van der Waals surface area contributed by atoms with Crippen LogP contribution in [0.2, 0.25) is 0 Å². The number of anilines is 1. The Hall–Kier alpha value is -1.69. The molecule has 1 saturated heterocycles. The molecule has 2 atom stereocenters. The lowest BCUT2D eigenvalue weighted by molar-refractivity contribution is 0.138. The third kappa shape index (κ3) is 2.28. The number of aromatic nitrogens is 2. The van der Waals surface area contributed by atoms with Crippen molar-refractivity contribution in [2.75, 3.05) is 11.9 Å². The number of aliphatic hydroxyl groups excluding tert-OH is 1. The highest BCUT2D eigenvalue weighted by atomic mass is 16.3. The maximum atomic E-state index is 12.1. The molecule has 2 amide bonds. The number of urea groups is 1. The predicted molar refractivity (Wildman–Crippen MR) is 71.8 cm³/mol. The zero-order chi connectivity index (χ0) is 14.4. The average Bonchev–Trinajstić information content (AvgIpc) is 2.53. The smallest absolute Gasteiger partial charge is 0.328 e. The summed E-state index contributed by atoms with van der Waals surface area (Å²) in [5, 5.41) is 10.1. The summed E-state index contributed by atoms with van der Waals surface area (Å²) in [4.78, 5) is 23.3. The fourth-order valence-corrected chi connectivity index (χ4v) is 2.00. The van der Waals surface area contributed by atoms with E-state index in [2.05, 4.69) is 9.97 Å². The van der Waals surface area contributed by atoms with Crippen LogP contribution in [0, 0.1) is 0 Å². The zero-order valence-electron chi connectivity index (χ0n) is 12.0. The van der Waals surface area contributed by atoms with E-state index in [-0.39, 0.29) is 17.5 Å². The van der Waals surface area contributed by atoms with Gasteiger partial charge in [0, 0.05) is 18.5 Å². The molecule has 1 aromatic heterocycles. The number of hydrogen-bond donors (Lipinski definition) is 1. The molecule has 0 bridgehead atoms. The Kier molecular flexibility index (Phi) is 3.22. The monoisotopic (exact) mass is 264 g/mol. The van der Waals surface area contributed by atoms with Crippen molar-refractivity contribution in [2.24, 2.45) is 0 Å². The van der Waals surface area contributed by atoms with Crippen LogP contribution in [-0.2, 0) is 5.41 Å². The Bertz CT molecular complexity index is 498. The van der Waals surface area contributed by atoms with Crippen molar-refractivity contribution >= 4 is 11.8 Å². The summed E-state index contributed by atoms with van der Waals surface area (Å²) in [6.45, 7) is 7.91. The molecule has 1 aliphatic rings. The second-order valence-electron chi connectivity index (χ2n) is 5.93. The SMILES string of the molecule is C[C@@H]1[C@@H](O)N(c2cc(C(C)(C)C)ncn2)C(=O)N1C. The maximum Gasteiger partial charge on any atom is 0.328 e. The van der Waals surface area contributed by atoms with Crippen LogP contribution in [0.15, 0.2) is 12.4 Å². The Morgan fingerprint density at radius 3 is 2.42 bits per heavy atom. The number of amides is 2. The van der Waals surface area contributed by atoms with Crippen LogP contribution >= 0.6 is 0 Å². The molecule has 6 heteroatoms. The molecule has 0 spiro atoms. The third-order valence-corrected chi connectivity index (χ3v) is 3.48. The third-order valence-electron chi connectivity index (χ3n) is 3.48. The highest BCUT2D eigenvalue weighted by Crippen LogP contribution is 2.28. The Morgan fingerprint density at radius 2 is 1.95 bits per heavy atom. The van der Waals surface area contributed by atoms with Crippen LogP contribution < -0.4 is 4.90 Å². The van der Waals surface area contributed by atoms with Gasteiger partial charge in [-0.2, -0.15) is 0 Å². The van der Waals surface area contributed by atoms with Gasteiger partial charge < -0.3 is 10.0 Å². The Labute approximate surface area is 113 Å². The van der Waals surface area contributed by atoms with Gasteiger partial charge >= 0.3 is 6.03 Å². The van der Waals surface area contributed by atoms with Gasteiger partial charge in [-0.3, -0.25) is 0 Å². The molecule has 0 aromatic carbocycles. The topological polar surface area (TPSA) is 69.6 Å². The van der Waals surface area contributed by atoms with Crippen molar-refractivity contribution in [3.63, 3.8) is 0 Å². The van der Waals surface area contributed by atoms with Gasteiger partial charge in [-0.15, -0.1) is 0 Å². The summed E-state index contributed by atoms with van der Waals surface area (Å²) in [5.74, 6) is 0.439. The zero-order valence-corrected chi connectivity index (χ0v) is 12.0. The maximum absolute atomic E-state index is 12.1. The van der Waals surface area contributed by atoms with Crippen molar-refractivity contribution in [3.8, 4) is 0 Å². The van der Waals surface area contributed by atoms with E-state index in [9.17, 15) is 9.90 Å². The van der Waals surface area contributed by atoms with E-state index >= 15 is 0 Å². The first-order valence-electron chi connectivity index (χ1n) is 6.30. The van der Waals surface area contributed by atoms with Crippen LogP contribution in [0.1, 0.15) is 33.4 Å². The van der Waals surface area contributed by atoms with Gasteiger partial charge in [0.05, 0.1) is 11.7 Å². The van der Waals surface area contributed by atoms with Crippen molar-refractivity contribution in [1.29, 1.82) is 0 Å². The molecular formula is C13H20N4O2. The molecule has 2 heterocycles. The summed E-state index contributed by atoms with van der Waals surface area (Å²) in [7, 11) is 1.67. The minimum Gasteiger partial charge on any atom is -0.371 e. The standard InChI is InChI=1S/C13H20N4O2/c1-8-11(18)17(12(19)16(8)5)10-6-9(13(2,3)4)14-7-15-10/h6-8,11,18H,1-5H3/t8-,11-/m1/s1. The number of nitrogens with zero attached hydrogens (tertiary/aromatic N) is 4. The van der Waals surface area contributed by atoms with Gasteiger partial charge in [0.25, 0.3) is 0 Å². The van der Waals surface area contributed by atoms with E-state index in [1.165, 1.54) is 16.1 Å². The predicted octanol–water partition coefficient (Wildman–Crippen LogP) is 1.35. The lowest BCUT2D eigenvalue weighted by Gasteiger charge is -2.22. The van der Waals surface area contributed by atoms with Crippen molar-refractivity contribution in [2.45, 2.75) is 45.4 Å². The molecule has 0 radical (unpaired) electrons. The quantitative estimate of drug-likeness (QED) is 0.831. The first kappa shape index (κ1) is 13.7.